The van der Waals surface area contributed by atoms with Gasteiger partial charge in [-0.2, -0.15) is 0 Å². The average Bonchev–Trinajstić information content (AvgIpc) is 3.26. The van der Waals surface area contributed by atoms with Crippen molar-refractivity contribution in [1.29, 1.82) is 0 Å². The molecule has 0 bridgehead atoms. The van der Waals surface area contributed by atoms with Gasteiger partial charge in [0.2, 0.25) is 0 Å². The van der Waals surface area contributed by atoms with Crippen LogP contribution in [0.2, 0.25) is 0 Å². The predicted octanol–water partition coefficient (Wildman–Crippen LogP) is 3.02. The summed E-state index contributed by atoms with van der Waals surface area (Å²) in [7, 11) is 0. The molecule has 6 nitrogen and oxygen atoms in total. The number of amides is 3. The molecule has 2 aliphatic rings. The molecule has 3 amide bonds. The van der Waals surface area contributed by atoms with Crippen LogP contribution < -0.4 is 5.32 Å². The van der Waals surface area contributed by atoms with Gasteiger partial charge in [0, 0.05) is 17.9 Å². The fraction of sp³-hybridized carbons (Fsp3) is 0.286. The van der Waals surface area contributed by atoms with Crippen molar-refractivity contribution in [2.75, 3.05) is 18.5 Å². The summed E-state index contributed by atoms with van der Waals surface area (Å²) in [5.74, 6) is -1.00. The van der Waals surface area contributed by atoms with Crippen molar-refractivity contribution in [3.8, 4) is 0 Å². The summed E-state index contributed by atoms with van der Waals surface area (Å²) in [5, 5.41) is 2.84. The van der Waals surface area contributed by atoms with E-state index >= 15 is 0 Å². The van der Waals surface area contributed by atoms with Gasteiger partial charge in [-0.3, -0.25) is 19.3 Å². The van der Waals surface area contributed by atoms with Crippen LogP contribution in [0.5, 0.6) is 0 Å². The second kappa shape index (κ2) is 6.96. The van der Waals surface area contributed by atoms with Gasteiger partial charge in [-0.1, -0.05) is 18.2 Å². The molecule has 6 heteroatoms. The van der Waals surface area contributed by atoms with Gasteiger partial charge in [0.25, 0.3) is 17.7 Å². The third kappa shape index (κ3) is 3.24. The van der Waals surface area contributed by atoms with E-state index < -0.39 is 0 Å². The Labute approximate surface area is 157 Å². The van der Waals surface area contributed by atoms with Crippen LogP contribution >= 0.6 is 0 Å². The fourth-order valence-corrected chi connectivity index (χ4v) is 3.50. The molecule has 1 atom stereocenters. The lowest BCUT2D eigenvalue weighted by Gasteiger charge is -2.17. The SMILES string of the molecule is Cc1ccccc1NC(=O)c1ccc2c(c1)C(=O)N(CC1CCCO1)C2=O. The number of fused-ring (bicyclic) bond motifs is 1. The smallest absolute Gasteiger partial charge is 0.261 e. The summed E-state index contributed by atoms with van der Waals surface area (Å²) in [4.78, 5) is 39.1. The predicted molar refractivity (Wildman–Crippen MR) is 99.9 cm³/mol. The highest BCUT2D eigenvalue weighted by Crippen LogP contribution is 2.26. The lowest BCUT2D eigenvalue weighted by Crippen LogP contribution is -2.36. The summed E-state index contributed by atoms with van der Waals surface area (Å²) < 4.78 is 5.54. The van der Waals surface area contributed by atoms with Crippen molar-refractivity contribution in [1.82, 2.24) is 4.90 Å². The Kier molecular flexibility index (Phi) is 4.49. The molecule has 1 fully saturated rings. The quantitative estimate of drug-likeness (QED) is 0.846. The van der Waals surface area contributed by atoms with E-state index in [1.54, 1.807) is 12.1 Å². The van der Waals surface area contributed by atoms with E-state index in [4.69, 9.17) is 4.74 Å². The van der Waals surface area contributed by atoms with Crippen LogP contribution in [-0.4, -0.2) is 41.9 Å². The van der Waals surface area contributed by atoms with Gasteiger partial charge < -0.3 is 10.1 Å². The van der Waals surface area contributed by atoms with Gasteiger partial charge in [0.1, 0.15) is 0 Å². The molecule has 0 spiro atoms. The first kappa shape index (κ1) is 17.4. The Bertz CT molecular complexity index is 932. The Morgan fingerprint density at radius 3 is 2.67 bits per heavy atom. The highest BCUT2D eigenvalue weighted by molar-refractivity contribution is 6.22. The van der Waals surface area contributed by atoms with Gasteiger partial charge in [-0.15, -0.1) is 0 Å². The van der Waals surface area contributed by atoms with Crippen LogP contribution in [0.4, 0.5) is 5.69 Å². The number of aryl methyl sites for hydroxylation is 1. The Balaban J connectivity index is 1.55. The number of anilines is 1. The van der Waals surface area contributed by atoms with Crippen molar-refractivity contribution in [2.45, 2.75) is 25.9 Å². The molecule has 0 aromatic heterocycles. The molecule has 2 aromatic carbocycles. The molecular formula is C21H20N2O4. The zero-order valence-electron chi connectivity index (χ0n) is 15.0. The average molecular weight is 364 g/mol. The second-order valence-electron chi connectivity index (χ2n) is 6.89. The largest absolute Gasteiger partial charge is 0.376 e. The van der Waals surface area contributed by atoms with Crippen molar-refractivity contribution in [3.63, 3.8) is 0 Å². The number of nitrogens with one attached hydrogen (secondary N) is 1. The van der Waals surface area contributed by atoms with Crippen molar-refractivity contribution in [3.05, 3.63) is 64.7 Å². The summed E-state index contributed by atoms with van der Waals surface area (Å²) in [5.41, 5.74) is 2.62. The number of carbonyl (C=O) groups excluding carboxylic acids is 3. The number of hydrogen-bond donors (Lipinski definition) is 1. The second-order valence-corrected chi connectivity index (χ2v) is 6.89. The molecular weight excluding hydrogens is 344 g/mol. The van der Waals surface area contributed by atoms with E-state index in [0.717, 1.165) is 18.4 Å². The highest BCUT2D eigenvalue weighted by Gasteiger charge is 2.37. The van der Waals surface area contributed by atoms with E-state index in [9.17, 15) is 14.4 Å². The van der Waals surface area contributed by atoms with E-state index in [2.05, 4.69) is 5.32 Å². The molecule has 2 aliphatic heterocycles. The molecule has 2 heterocycles. The van der Waals surface area contributed by atoms with Crippen LogP contribution in [0.15, 0.2) is 42.5 Å². The number of rotatable bonds is 4. The minimum Gasteiger partial charge on any atom is -0.376 e. The van der Waals surface area contributed by atoms with E-state index in [1.165, 1.54) is 11.0 Å². The number of hydrogen-bond acceptors (Lipinski definition) is 4. The highest BCUT2D eigenvalue weighted by atomic mass is 16.5. The van der Waals surface area contributed by atoms with Crippen LogP contribution in [0, 0.1) is 6.92 Å². The van der Waals surface area contributed by atoms with Crippen LogP contribution in [-0.2, 0) is 4.74 Å². The molecule has 1 saturated heterocycles. The van der Waals surface area contributed by atoms with Gasteiger partial charge in [0.15, 0.2) is 0 Å². The third-order valence-electron chi connectivity index (χ3n) is 5.04. The first-order chi connectivity index (χ1) is 13.0. The molecule has 27 heavy (non-hydrogen) atoms. The minimum absolute atomic E-state index is 0.101. The number of nitrogens with zero attached hydrogens (tertiary/aromatic N) is 1. The minimum atomic E-state index is -0.365. The van der Waals surface area contributed by atoms with Crippen LogP contribution in [0.25, 0.3) is 0 Å². The molecule has 0 aliphatic carbocycles. The topological polar surface area (TPSA) is 75.7 Å². The lowest BCUT2D eigenvalue weighted by atomic mass is 10.0. The molecule has 0 saturated carbocycles. The first-order valence-corrected chi connectivity index (χ1v) is 9.03. The first-order valence-electron chi connectivity index (χ1n) is 9.03. The standard InChI is InChI=1S/C21H20N2O4/c1-13-5-2-3-7-18(13)22-19(24)14-8-9-16-17(11-14)21(26)23(20(16)25)12-15-6-4-10-27-15/h2-3,5,7-9,11,15H,4,6,10,12H2,1H3,(H,22,24). The van der Waals surface area contributed by atoms with Gasteiger partial charge >= 0.3 is 0 Å². The number of ether oxygens (including phenoxy) is 1. The molecule has 1 unspecified atom stereocenters. The summed E-state index contributed by atoms with van der Waals surface area (Å²) in [6, 6.07) is 12.1. The number of carbonyl (C=O) groups is 3. The third-order valence-corrected chi connectivity index (χ3v) is 5.04. The Morgan fingerprint density at radius 1 is 1.15 bits per heavy atom. The van der Waals surface area contributed by atoms with Gasteiger partial charge in [-0.25, -0.2) is 0 Å². The molecule has 1 N–H and O–H groups in total. The normalized spacial score (nSPS) is 18.7. The zero-order valence-corrected chi connectivity index (χ0v) is 15.0. The van der Waals surface area contributed by atoms with Crippen LogP contribution in [0.3, 0.4) is 0 Å². The zero-order chi connectivity index (χ0) is 19.0. The van der Waals surface area contributed by atoms with E-state index in [0.29, 0.717) is 23.4 Å². The Hall–Kier alpha value is -2.99. The van der Waals surface area contributed by atoms with E-state index in [-0.39, 0.29) is 35.9 Å². The van der Waals surface area contributed by atoms with Gasteiger partial charge in [0.05, 0.1) is 23.8 Å². The fourth-order valence-electron chi connectivity index (χ4n) is 3.50. The van der Waals surface area contributed by atoms with Crippen molar-refractivity contribution in [2.24, 2.45) is 0 Å². The maximum atomic E-state index is 12.7. The van der Waals surface area contributed by atoms with E-state index in [1.807, 2.05) is 31.2 Å². The lowest BCUT2D eigenvalue weighted by molar-refractivity contribution is 0.0475. The van der Waals surface area contributed by atoms with Crippen LogP contribution in [0.1, 0.15) is 49.5 Å². The summed E-state index contributed by atoms with van der Waals surface area (Å²) in [6.07, 6.45) is 1.69. The van der Waals surface area contributed by atoms with Gasteiger partial charge in [-0.05, 0) is 49.6 Å². The van der Waals surface area contributed by atoms with Crippen molar-refractivity contribution >= 4 is 23.4 Å². The summed E-state index contributed by atoms with van der Waals surface area (Å²) >= 11 is 0. The maximum Gasteiger partial charge on any atom is 0.261 e. The summed E-state index contributed by atoms with van der Waals surface area (Å²) in [6.45, 7) is 2.83. The molecule has 2 aromatic rings. The molecule has 138 valence electrons. The number of benzene rings is 2. The molecule has 4 rings (SSSR count). The monoisotopic (exact) mass is 364 g/mol. The maximum absolute atomic E-state index is 12.7. The number of imide groups is 1. The number of para-hydroxylation sites is 1. The van der Waals surface area contributed by atoms with Crippen molar-refractivity contribution < 1.29 is 19.1 Å². The molecule has 0 radical (unpaired) electrons. The Morgan fingerprint density at radius 2 is 1.93 bits per heavy atom.